The SMILES string of the molecule is CC(C)C(NCCO)C(O)c1ccc2ccccc2c1. The second-order valence-electron chi connectivity index (χ2n) is 5.50. The quantitative estimate of drug-likeness (QED) is 0.758. The van der Waals surface area contributed by atoms with Crippen LogP contribution < -0.4 is 5.32 Å². The summed E-state index contributed by atoms with van der Waals surface area (Å²) >= 11 is 0. The highest BCUT2D eigenvalue weighted by atomic mass is 16.3. The summed E-state index contributed by atoms with van der Waals surface area (Å²) in [6.45, 7) is 4.71. The molecule has 0 saturated heterocycles. The van der Waals surface area contributed by atoms with Gasteiger partial charge in [-0.25, -0.2) is 0 Å². The third-order valence-electron chi connectivity index (χ3n) is 3.67. The molecule has 3 heteroatoms. The number of nitrogens with one attached hydrogen (secondary N) is 1. The first-order chi connectivity index (χ1) is 9.63. The Morgan fingerprint density at radius 2 is 1.75 bits per heavy atom. The van der Waals surface area contributed by atoms with Gasteiger partial charge in [-0.3, -0.25) is 0 Å². The molecule has 0 aromatic heterocycles. The van der Waals surface area contributed by atoms with Crippen molar-refractivity contribution in [1.29, 1.82) is 0 Å². The fourth-order valence-electron chi connectivity index (χ4n) is 2.54. The monoisotopic (exact) mass is 273 g/mol. The Kier molecular flexibility index (Phi) is 5.12. The molecular weight excluding hydrogens is 250 g/mol. The van der Waals surface area contributed by atoms with Crippen molar-refractivity contribution in [3.05, 3.63) is 48.0 Å². The van der Waals surface area contributed by atoms with E-state index >= 15 is 0 Å². The van der Waals surface area contributed by atoms with Gasteiger partial charge in [-0.05, 0) is 28.3 Å². The Balaban J connectivity index is 2.25. The minimum absolute atomic E-state index is 0.0664. The lowest BCUT2D eigenvalue weighted by atomic mass is 9.92. The second-order valence-corrected chi connectivity index (χ2v) is 5.50. The van der Waals surface area contributed by atoms with Gasteiger partial charge >= 0.3 is 0 Å². The number of benzene rings is 2. The number of fused-ring (bicyclic) bond motifs is 1. The summed E-state index contributed by atoms with van der Waals surface area (Å²) in [6, 6.07) is 14.1. The van der Waals surface area contributed by atoms with Crippen molar-refractivity contribution in [2.45, 2.75) is 26.0 Å². The fourth-order valence-corrected chi connectivity index (χ4v) is 2.54. The predicted molar refractivity (Wildman–Crippen MR) is 82.6 cm³/mol. The van der Waals surface area contributed by atoms with Gasteiger partial charge in [0, 0.05) is 12.6 Å². The lowest BCUT2D eigenvalue weighted by molar-refractivity contribution is 0.102. The van der Waals surface area contributed by atoms with Crippen LogP contribution in [0.3, 0.4) is 0 Å². The van der Waals surface area contributed by atoms with E-state index in [0.717, 1.165) is 10.9 Å². The maximum Gasteiger partial charge on any atom is 0.0945 e. The number of hydrogen-bond acceptors (Lipinski definition) is 3. The molecule has 0 aliphatic carbocycles. The van der Waals surface area contributed by atoms with Gasteiger partial charge in [0.25, 0.3) is 0 Å². The standard InChI is InChI=1S/C17H23NO2/c1-12(2)16(18-9-10-19)17(20)15-8-7-13-5-3-4-6-14(13)11-15/h3-8,11-12,16-20H,9-10H2,1-2H3. The third kappa shape index (κ3) is 3.37. The lowest BCUT2D eigenvalue weighted by Crippen LogP contribution is -2.40. The van der Waals surface area contributed by atoms with Crippen molar-refractivity contribution in [2.75, 3.05) is 13.2 Å². The van der Waals surface area contributed by atoms with Crippen LogP contribution in [-0.4, -0.2) is 29.4 Å². The molecule has 2 rings (SSSR count). The fraction of sp³-hybridized carbons (Fsp3) is 0.412. The summed E-state index contributed by atoms with van der Waals surface area (Å²) < 4.78 is 0. The van der Waals surface area contributed by atoms with Gasteiger partial charge in [0.15, 0.2) is 0 Å². The van der Waals surface area contributed by atoms with Crippen molar-refractivity contribution in [2.24, 2.45) is 5.92 Å². The number of aliphatic hydroxyl groups is 2. The molecule has 0 bridgehead atoms. The van der Waals surface area contributed by atoms with Crippen molar-refractivity contribution in [3.63, 3.8) is 0 Å². The Labute approximate surface area is 120 Å². The molecule has 2 unspecified atom stereocenters. The van der Waals surface area contributed by atoms with Crippen LogP contribution in [0.25, 0.3) is 10.8 Å². The molecule has 0 radical (unpaired) electrons. The van der Waals surface area contributed by atoms with Crippen LogP contribution in [-0.2, 0) is 0 Å². The average Bonchev–Trinajstić information content (AvgIpc) is 2.46. The van der Waals surface area contributed by atoms with Crippen LogP contribution in [0.5, 0.6) is 0 Å². The van der Waals surface area contributed by atoms with Gasteiger partial charge in [0.05, 0.1) is 12.7 Å². The molecule has 0 aliphatic heterocycles. The molecular formula is C17H23NO2. The van der Waals surface area contributed by atoms with E-state index in [0.29, 0.717) is 6.54 Å². The highest BCUT2D eigenvalue weighted by Crippen LogP contribution is 2.25. The molecule has 0 saturated carbocycles. The van der Waals surface area contributed by atoms with E-state index in [4.69, 9.17) is 5.11 Å². The van der Waals surface area contributed by atoms with Crippen molar-refractivity contribution in [3.8, 4) is 0 Å². The van der Waals surface area contributed by atoms with Gasteiger partial charge < -0.3 is 15.5 Å². The summed E-state index contributed by atoms with van der Waals surface area (Å²) in [6.07, 6.45) is -0.578. The van der Waals surface area contributed by atoms with Gasteiger partial charge in [0.2, 0.25) is 0 Å². The number of hydrogen-bond donors (Lipinski definition) is 3. The molecule has 108 valence electrons. The van der Waals surface area contributed by atoms with Gasteiger partial charge in [-0.2, -0.15) is 0 Å². The van der Waals surface area contributed by atoms with E-state index in [-0.39, 0.29) is 18.6 Å². The van der Waals surface area contributed by atoms with Crippen LogP contribution in [0.1, 0.15) is 25.5 Å². The van der Waals surface area contributed by atoms with E-state index in [9.17, 15) is 5.11 Å². The Morgan fingerprint density at radius 3 is 2.40 bits per heavy atom. The molecule has 2 aromatic rings. The summed E-state index contributed by atoms with van der Waals surface area (Å²) in [4.78, 5) is 0. The highest BCUT2D eigenvalue weighted by Gasteiger charge is 2.23. The van der Waals surface area contributed by atoms with Gasteiger partial charge in [-0.15, -0.1) is 0 Å². The second kappa shape index (κ2) is 6.84. The zero-order chi connectivity index (χ0) is 14.5. The maximum atomic E-state index is 10.6. The lowest BCUT2D eigenvalue weighted by Gasteiger charge is -2.28. The minimum atomic E-state index is -0.578. The van der Waals surface area contributed by atoms with E-state index < -0.39 is 6.10 Å². The summed E-state index contributed by atoms with van der Waals surface area (Å²) in [5.41, 5.74) is 0.910. The molecule has 0 aliphatic rings. The minimum Gasteiger partial charge on any atom is -0.395 e. The van der Waals surface area contributed by atoms with Crippen molar-refractivity contribution >= 4 is 10.8 Å². The Hall–Kier alpha value is -1.42. The molecule has 2 atom stereocenters. The van der Waals surface area contributed by atoms with Crippen LogP contribution in [0, 0.1) is 5.92 Å². The van der Waals surface area contributed by atoms with E-state index in [2.05, 4.69) is 31.3 Å². The van der Waals surface area contributed by atoms with E-state index in [1.807, 2.05) is 30.3 Å². The molecule has 0 amide bonds. The smallest absolute Gasteiger partial charge is 0.0945 e. The first-order valence-electron chi connectivity index (χ1n) is 7.14. The first-order valence-corrected chi connectivity index (χ1v) is 7.14. The number of rotatable bonds is 6. The van der Waals surface area contributed by atoms with E-state index in [1.165, 1.54) is 5.39 Å². The van der Waals surface area contributed by atoms with Crippen LogP contribution in [0.4, 0.5) is 0 Å². The topological polar surface area (TPSA) is 52.5 Å². The molecule has 3 N–H and O–H groups in total. The predicted octanol–water partition coefficient (Wildman–Crippen LogP) is 2.48. The molecule has 20 heavy (non-hydrogen) atoms. The number of aliphatic hydroxyl groups excluding tert-OH is 2. The summed E-state index contributed by atoms with van der Waals surface area (Å²) in [5.74, 6) is 0.281. The highest BCUT2D eigenvalue weighted by molar-refractivity contribution is 5.83. The van der Waals surface area contributed by atoms with Gasteiger partial charge in [0.1, 0.15) is 0 Å². The molecule has 0 fully saturated rings. The molecule has 0 heterocycles. The van der Waals surface area contributed by atoms with Crippen LogP contribution in [0.2, 0.25) is 0 Å². The molecule has 0 spiro atoms. The third-order valence-corrected chi connectivity index (χ3v) is 3.67. The van der Waals surface area contributed by atoms with Crippen molar-refractivity contribution in [1.82, 2.24) is 5.32 Å². The molecule has 3 nitrogen and oxygen atoms in total. The maximum absolute atomic E-state index is 10.6. The van der Waals surface area contributed by atoms with Crippen LogP contribution >= 0.6 is 0 Å². The first kappa shape index (κ1) is 15.0. The van der Waals surface area contributed by atoms with E-state index in [1.54, 1.807) is 0 Å². The Morgan fingerprint density at radius 1 is 1.05 bits per heavy atom. The summed E-state index contributed by atoms with van der Waals surface area (Å²) in [5, 5.41) is 25.1. The normalized spacial score (nSPS) is 14.7. The zero-order valence-electron chi connectivity index (χ0n) is 12.1. The average molecular weight is 273 g/mol. The summed E-state index contributed by atoms with van der Waals surface area (Å²) in [7, 11) is 0. The van der Waals surface area contributed by atoms with Gasteiger partial charge in [-0.1, -0.05) is 50.2 Å². The molecule has 2 aromatic carbocycles. The largest absolute Gasteiger partial charge is 0.395 e. The zero-order valence-corrected chi connectivity index (χ0v) is 12.1. The van der Waals surface area contributed by atoms with Crippen molar-refractivity contribution < 1.29 is 10.2 Å². The van der Waals surface area contributed by atoms with Crippen LogP contribution in [0.15, 0.2) is 42.5 Å². The Bertz CT molecular complexity index is 553.